The zero-order chi connectivity index (χ0) is 14.3. The lowest BCUT2D eigenvalue weighted by atomic mass is 10.1. The second kappa shape index (κ2) is 7.34. The van der Waals surface area contributed by atoms with Gasteiger partial charge >= 0.3 is 6.09 Å². The van der Waals surface area contributed by atoms with Gasteiger partial charge in [-0.15, -0.1) is 11.6 Å². The van der Waals surface area contributed by atoms with E-state index < -0.39 is 11.7 Å². The number of pyridine rings is 1. The van der Waals surface area contributed by atoms with Gasteiger partial charge in [-0.05, 0) is 51.3 Å². The molecule has 0 saturated heterocycles. The van der Waals surface area contributed by atoms with Gasteiger partial charge in [0.05, 0.1) is 0 Å². The molecule has 4 nitrogen and oxygen atoms in total. The summed E-state index contributed by atoms with van der Waals surface area (Å²) in [7, 11) is 0. The predicted octanol–water partition coefficient (Wildman–Crippen LogP) is 3.15. The third-order valence-corrected chi connectivity index (χ3v) is 2.63. The molecule has 0 bridgehead atoms. The van der Waals surface area contributed by atoms with Crippen LogP contribution in [0.25, 0.3) is 0 Å². The van der Waals surface area contributed by atoms with Crippen LogP contribution in [0.2, 0.25) is 0 Å². The van der Waals surface area contributed by atoms with Crippen molar-refractivity contribution in [1.82, 2.24) is 10.3 Å². The number of ether oxygens (including phenoxy) is 1. The minimum absolute atomic E-state index is 0.0326. The summed E-state index contributed by atoms with van der Waals surface area (Å²) in [5.74, 6) is 0.492. The fourth-order valence-electron chi connectivity index (χ4n) is 1.63. The highest BCUT2D eigenvalue weighted by atomic mass is 35.5. The van der Waals surface area contributed by atoms with Gasteiger partial charge in [0, 0.05) is 24.3 Å². The molecule has 1 heterocycles. The summed E-state index contributed by atoms with van der Waals surface area (Å²) >= 11 is 5.77. The molecule has 0 aliphatic carbocycles. The van der Waals surface area contributed by atoms with E-state index in [0.29, 0.717) is 18.7 Å². The molecule has 0 radical (unpaired) electrons. The van der Waals surface area contributed by atoms with E-state index in [0.717, 1.165) is 5.56 Å². The highest BCUT2D eigenvalue weighted by molar-refractivity contribution is 6.17. The standard InChI is InChI=1S/C14H21ClN2O2/c1-14(2,3)19-13(18)17-12(4-7-15)10-11-5-8-16-9-6-11/h5-6,8-9,12H,4,7,10H2,1-3H3,(H,17,18)/t12-/m1/s1. The van der Waals surface area contributed by atoms with E-state index in [1.807, 2.05) is 32.9 Å². The van der Waals surface area contributed by atoms with Gasteiger partial charge in [0.25, 0.3) is 0 Å². The number of alkyl halides is 1. The number of aromatic nitrogens is 1. The maximum atomic E-state index is 11.7. The van der Waals surface area contributed by atoms with E-state index >= 15 is 0 Å². The SMILES string of the molecule is CC(C)(C)OC(=O)N[C@H](CCCl)Cc1ccncc1. The number of amides is 1. The topological polar surface area (TPSA) is 51.2 Å². The minimum Gasteiger partial charge on any atom is -0.444 e. The summed E-state index contributed by atoms with van der Waals surface area (Å²) in [6.45, 7) is 5.52. The highest BCUT2D eigenvalue weighted by Gasteiger charge is 2.19. The van der Waals surface area contributed by atoms with E-state index in [-0.39, 0.29) is 6.04 Å². The fraction of sp³-hybridized carbons (Fsp3) is 0.571. The maximum Gasteiger partial charge on any atom is 0.407 e. The smallest absolute Gasteiger partial charge is 0.407 e. The zero-order valence-corrected chi connectivity index (χ0v) is 12.4. The van der Waals surface area contributed by atoms with E-state index in [1.54, 1.807) is 12.4 Å². The van der Waals surface area contributed by atoms with Crippen molar-refractivity contribution in [3.63, 3.8) is 0 Å². The van der Waals surface area contributed by atoms with Crippen molar-refractivity contribution in [3.8, 4) is 0 Å². The first-order chi connectivity index (χ1) is 8.90. The van der Waals surface area contributed by atoms with Crippen molar-refractivity contribution in [2.24, 2.45) is 0 Å². The van der Waals surface area contributed by atoms with Gasteiger partial charge in [0.15, 0.2) is 0 Å². The van der Waals surface area contributed by atoms with Gasteiger partial charge < -0.3 is 10.1 Å². The monoisotopic (exact) mass is 284 g/mol. The summed E-state index contributed by atoms with van der Waals surface area (Å²) in [4.78, 5) is 15.7. The minimum atomic E-state index is -0.494. The summed E-state index contributed by atoms with van der Waals surface area (Å²) in [6, 6.07) is 3.82. The molecule has 1 rings (SSSR count). The normalized spacial score (nSPS) is 12.8. The van der Waals surface area contributed by atoms with Crippen LogP contribution < -0.4 is 5.32 Å². The van der Waals surface area contributed by atoms with E-state index in [2.05, 4.69) is 10.3 Å². The van der Waals surface area contributed by atoms with Gasteiger partial charge in [-0.3, -0.25) is 4.98 Å². The summed E-state index contributed by atoms with van der Waals surface area (Å²) in [6.07, 6.45) is 4.48. The number of nitrogens with one attached hydrogen (secondary N) is 1. The quantitative estimate of drug-likeness (QED) is 0.845. The van der Waals surface area contributed by atoms with Gasteiger partial charge in [0.2, 0.25) is 0 Å². The average Bonchev–Trinajstić information content (AvgIpc) is 2.27. The number of nitrogens with zero attached hydrogens (tertiary/aromatic N) is 1. The molecule has 0 saturated carbocycles. The van der Waals surface area contributed by atoms with Crippen LogP contribution in [0.4, 0.5) is 4.79 Å². The number of hydrogen-bond acceptors (Lipinski definition) is 3. The zero-order valence-electron chi connectivity index (χ0n) is 11.6. The number of alkyl carbamates (subject to hydrolysis) is 1. The molecule has 1 aromatic heterocycles. The Labute approximate surface area is 119 Å². The maximum absolute atomic E-state index is 11.7. The fourth-order valence-corrected chi connectivity index (χ4v) is 1.90. The van der Waals surface area contributed by atoms with Crippen LogP contribution in [0.1, 0.15) is 32.8 Å². The molecular weight excluding hydrogens is 264 g/mol. The molecule has 1 aromatic rings. The molecule has 0 aliphatic heterocycles. The molecular formula is C14H21ClN2O2. The first-order valence-electron chi connectivity index (χ1n) is 6.35. The summed E-state index contributed by atoms with van der Waals surface area (Å²) < 4.78 is 5.25. The van der Waals surface area contributed by atoms with Gasteiger partial charge in [0.1, 0.15) is 5.60 Å². The lowest BCUT2D eigenvalue weighted by molar-refractivity contribution is 0.0503. The van der Waals surface area contributed by atoms with Crippen molar-refractivity contribution in [1.29, 1.82) is 0 Å². The van der Waals surface area contributed by atoms with Gasteiger partial charge in [-0.25, -0.2) is 4.79 Å². The number of halogens is 1. The van der Waals surface area contributed by atoms with Crippen LogP contribution in [-0.2, 0) is 11.2 Å². The molecule has 19 heavy (non-hydrogen) atoms. The Hall–Kier alpha value is -1.29. The molecule has 106 valence electrons. The van der Waals surface area contributed by atoms with Crippen LogP contribution in [0.15, 0.2) is 24.5 Å². The molecule has 0 unspecified atom stereocenters. The molecule has 0 aliphatic rings. The van der Waals surface area contributed by atoms with Crippen molar-refractivity contribution in [3.05, 3.63) is 30.1 Å². The lowest BCUT2D eigenvalue weighted by Gasteiger charge is -2.23. The Bertz CT molecular complexity index is 390. The van der Waals surface area contributed by atoms with Crippen molar-refractivity contribution in [2.75, 3.05) is 5.88 Å². The summed E-state index contributed by atoms with van der Waals surface area (Å²) in [5.41, 5.74) is 0.618. The molecule has 5 heteroatoms. The number of rotatable bonds is 5. The predicted molar refractivity (Wildman–Crippen MR) is 76.4 cm³/mol. The Morgan fingerprint density at radius 2 is 2.05 bits per heavy atom. The number of carbonyl (C=O) groups is 1. The molecule has 0 fully saturated rings. The van der Waals surface area contributed by atoms with Crippen LogP contribution in [-0.4, -0.2) is 28.6 Å². The largest absolute Gasteiger partial charge is 0.444 e. The van der Waals surface area contributed by atoms with Gasteiger partial charge in [-0.2, -0.15) is 0 Å². The molecule has 0 spiro atoms. The van der Waals surface area contributed by atoms with E-state index in [1.165, 1.54) is 0 Å². The lowest BCUT2D eigenvalue weighted by Crippen LogP contribution is -2.40. The van der Waals surface area contributed by atoms with Gasteiger partial charge in [-0.1, -0.05) is 0 Å². The third-order valence-electron chi connectivity index (χ3n) is 2.41. The Morgan fingerprint density at radius 3 is 2.58 bits per heavy atom. The first-order valence-corrected chi connectivity index (χ1v) is 6.88. The van der Waals surface area contributed by atoms with Crippen LogP contribution in [0.5, 0.6) is 0 Å². The molecule has 0 aromatic carbocycles. The van der Waals surface area contributed by atoms with E-state index in [4.69, 9.17) is 16.3 Å². The van der Waals surface area contributed by atoms with E-state index in [9.17, 15) is 4.79 Å². The highest BCUT2D eigenvalue weighted by Crippen LogP contribution is 2.10. The Balaban J connectivity index is 2.55. The summed E-state index contributed by atoms with van der Waals surface area (Å²) in [5, 5.41) is 2.86. The van der Waals surface area contributed by atoms with Crippen LogP contribution in [0.3, 0.4) is 0 Å². The molecule has 1 amide bonds. The van der Waals surface area contributed by atoms with Crippen molar-refractivity contribution < 1.29 is 9.53 Å². The molecule has 1 atom stereocenters. The third kappa shape index (κ3) is 7.01. The van der Waals surface area contributed by atoms with Crippen LogP contribution >= 0.6 is 11.6 Å². The second-order valence-corrected chi connectivity index (χ2v) is 5.76. The number of carbonyl (C=O) groups excluding carboxylic acids is 1. The van der Waals surface area contributed by atoms with Crippen LogP contribution in [0, 0.1) is 0 Å². The average molecular weight is 285 g/mol. The van der Waals surface area contributed by atoms with Crippen molar-refractivity contribution >= 4 is 17.7 Å². The van der Waals surface area contributed by atoms with Crippen molar-refractivity contribution in [2.45, 2.75) is 45.3 Å². The number of hydrogen-bond donors (Lipinski definition) is 1. The Kier molecular flexibility index (Phi) is 6.09. The molecule has 1 N–H and O–H groups in total. The first kappa shape index (κ1) is 15.8. The second-order valence-electron chi connectivity index (χ2n) is 5.38. The Morgan fingerprint density at radius 1 is 1.42 bits per heavy atom.